The number of carboxylic acids is 1. The number of aromatic carboxylic acids is 1. The van der Waals surface area contributed by atoms with Crippen molar-refractivity contribution in [1.29, 1.82) is 0 Å². The molecule has 0 aliphatic heterocycles. The van der Waals surface area contributed by atoms with Gasteiger partial charge < -0.3 is 10.8 Å². The van der Waals surface area contributed by atoms with Crippen molar-refractivity contribution in [3.05, 3.63) is 75.8 Å². The first kappa shape index (κ1) is 22.9. The lowest BCUT2D eigenvalue weighted by atomic mass is 9.91. The molecule has 3 N–H and O–H groups in total. The maximum absolute atomic E-state index is 11.9. The molecular weight excluding hydrogens is 438 g/mol. The Morgan fingerprint density at radius 2 is 1.20 bits per heavy atom. The Balaban J connectivity index is 1.49. The normalized spacial score (nSPS) is 15.3. The lowest BCUT2D eigenvalue weighted by molar-refractivity contribution is 0.0697. The number of nitrogens with zero attached hydrogens (tertiary/aromatic N) is 4. The summed E-state index contributed by atoms with van der Waals surface area (Å²) in [6.07, 6.45) is 9.08. The summed E-state index contributed by atoms with van der Waals surface area (Å²) >= 11 is 0. The molecule has 0 fully saturated rings. The number of rotatable bonds is 5. The number of azo groups is 2. The maximum atomic E-state index is 11.9. The predicted octanol–water partition coefficient (Wildman–Crippen LogP) is 7.86. The highest BCUT2D eigenvalue weighted by Crippen LogP contribution is 2.39. The molecule has 178 valence electrons. The van der Waals surface area contributed by atoms with Gasteiger partial charge in [0.05, 0.1) is 22.6 Å². The molecule has 0 spiro atoms. The molecule has 3 aromatic rings. The smallest absolute Gasteiger partial charge is 0.338 e. The Morgan fingerprint density at radius 1 is 0.714 bits per heavy atom. The Morgan fingerprint density at radius 3 is 1.71 bits per heavy atom. The first-order valence-electron chi connectivity index (χ1n) is 12.2. The number of carbonyl (C=O) groups is 1. The van der Waals surface area contributed by atoms with Crippen molar-refractivity contribution in [1.82, 2.24) is 0 Å². The van der Waals surface area contributed by atoms with E-state index in [2.05, 4.69) is 38.7 Å². The van der Waals surface area contributed by atoms with E-state index in [9.17, 15) is 9.90 Å². The highest BCUT2D eigenvalue weighted by atomic mass is 16.4. The van der Waals surface area contributed by atoms with E-state index < -0.39 is 5.97 Å². The topological polar surface area (TPSA) is 113 Å². The van der Waals surface area contributed by atoms with E-state index in [4.69, 9.17) is 5.73 Å². The maximum Gasteiger partial charge on any atom is 0.338 e. The second kappa shape index (κ2) is 9.78. The highest BCUT2D eigenvalue weighted by Gasteiger charge is 2.19. The van der Waals surface area contributed by atoms with E-state index in [-0.39, 0.29) is 16.9 Å². The van der Waals surface area contributed by atoms with Gasteiger partial charge in [0.1, 0.15) is 11.4 Å². The quantitative estimate of drug-likeness (QED) is 0.294. The summed E-state index contributed by atoms with van der Waals surface area (Å²) in [7, 11) is 0. The number of hydrogen-bond acceptors (Lipinski definition) is 6. The Hall–Kier alpha value is -3.87. The standard InChI is InChI=1S/C28H29N5O2/c1-17-26(32-30-22-12-10-18-6-2-4-8-20(18)14-22)24(28(34)35)16-25(29)27(17)33-31-23-13-11-19-7-3-5-9-21(19)15-23/h10-16H,2-9,29H2,1H3,(H,34,35). The van der Waals surface area contributed by atoms with Gasteiger partial charge in [0, 0.05) is 5.56 Å². The van der Waals surface area contributed by atoms with Crippen LogP contribution in [-0.2, 0) is 25.7 Å². The number of anilines is 1. The lowest BCUT2D eigenvalue weighted by Crippen LogP contribution is -2.01. The molecule has 3 aromatic carbocycles. The third-order valence-electron chi connectivity index (χ3n) is 6.96. The fourth-order valence-electron chi connectivity index (χ4n) is 5.03. The van der Waals surface area contributed by atoms with E-state index in [1.165, 1.54) is 54.0 Å². The second-order valence-electron chi connectivity index (χ2n) is 9.36. The van der Waals surface area contributed by atoms with Crippen LogP contribution in [0.2, 0.25) is 0 Å². The third kappa shape index (κ3) is 4.85. The summed E-state index contributed by atoms with van der Waals surface area (Å²) < 4.78 is 0. The molecule has 2 aliphatic rings. The van der Waals surface area contributed by atoms with Crippen LogP contribution in [0.3, 0.4) is 0 Å². The summed E-state index contributed by atoms with van der Waals surface area (Å²) in [5.41, 5.74) is 14.4. The first-order valence-corrected chi connectivity index (χ1v) is 12.2. The van der Waals surface area contributed by atoms with E-state index >= 15 is 0 Å². The van der Waals surface area contributed by atoms with Gasteiger partial charge in [-0.2, -0.15) is 10.2 Å². The van der Waals surface area contributed by atoms with E-state index in [1.54, 1.807) is 6.92 Å². The van der Waals surface area contributed by atoms with Gasteiger partial charge in [-0.3, -0.25) is 0 Å². The molecule has 5 rings (SSSR count). The molecule has 0 unspecified atom stereocenters. The van der Waals surface area contributed by atoms with Crippen LogP contribution in [0.15, 0.2) is 62.9 Å². The van der Waals surface area contributed by atoms with Crippen LogP contribution in [0.4, 0.5) is 28.4 Å². The molecule has 7 nitrogen and oxygen atoms in total. The van der Waals surface area contributed by atoms with Crippen LogP contribution < -0.4 is 5.73 Å². The van der Waals surface area contributed by atoms with Gasteiger partial charge in [0.2, 0.25) is 0 Å². The zero-order chi connectivity index (χ0) is 24.4. The van der Waals surface area contributed by atoms with Gasteiger partial charge >= 0.3 is 5.97 Å². The minimum atomic E-state index is -1.11. The first-order chi connectivity index (χ1) is 17.0. The summed E-state index contributed by atoms with van der Waals surface area (Å²) in [5.74, 6) is -1.11. The average Bonchev–Trinajstić information content (AvgIpc) is 2.87. The van der Waals surface area contributed by atoms with Crippen molar-refractivity contribution in [2.45, 2.75) is 58.3 Å². The van der Waals surface area contributed by atoms with Crippen molar-refractivity contribution in [3.63, 3.8) is 0 Å². The van der Waals surface area contributed by atoms with Gasteiger partial charge in [0.25, 0.3) is 0 Å². The van der Waals surface area contributed by atoms with Crippen LogP contribution >= 0.6 is 0 Å². The lowest BCUT2D eigenvalue weighted by Gasteiger charge is -2.15. The fourth-order valence-corrected chi connectivity index (χ4v) is 5.03. The van der Waals surface area contributed by atoms with E-state index in [0.717, 1.165) is 31.4 Å². The molecule has 0 heterocycles. The monoisotopic (exact) mass is 467 g/mol. The minimum Gasteiger partial charge on any atom is -0.478 e. The van der Waals surface area contributed by atoms with E-state index in [1.807, 2.05) is 18.2 Å². The number of hydrogen-bond donors (Lipinski definition) is 2. The zero-order valence-corrected chi connectivity index (χ0v) is 19.9. The van der Waals surface area contributed by atoms with E-state index in [0.29, 0.717) is 16.9 Å². The molecule has 7 heteroatoms. The van der Waals surface area contributed by atoms with Gasteiger partial charge in [-0.05, 0) is 111 Å². The van der Waals surface area contributed by atoms with Gasteiger partial charge in [0.15, 0.2) is 0 Å². The Kier molecular flexibility index (Phi) is 6.40. The summed E-state index contributed by atoms with van der Waals surface area (Å²) in [4.78, 5) is 11.9. The molecule has 0 saturated carbocycles. The number of nitrogens with two attached hydrogens (primary N) is 1. The van der Waals surface area contributed by atoms with Crippen LogP contribution in [0, 0.1) is 6.92 Å². The molecule has 0 aromatic heterocycles. The van der Waals surface area contributed by atoms with Crippen LogP contribution in [0.25, 0.3) is 0 Å². The molecule has 0 atom stereocenters. The van der Waals surface area contributed by atoms with Crippen molar-refractivity contribution >= 4 is 34.4 Å². The Bertz CT molecular complexity index is 1360. The Labute approximate surface area is 204 Å². The van der Waals surface area contributed by atoms with Gasteiger partial charge in [-0.15, -0.1) is 10.2 Å². The van der Waals surface area contributed by atoms with Gasteiger partial charge in [-0.1, -0.05) is 12.1 Å². The molecule has 0 bridgehead atoms. The summed E-state index contributed by atoms with van der Waals surface area (Å²) in [6, 6.07) is 13.6. The third-order valence-corrected chi connectivity index (χ3v) is 6.96. The summed E-state index contributed by atoms with van der Waals surface area (Å²) in [5, 5.41) is 27.3. The van der Waals surface area contributed by atoms with Crippen LogP contribution in [0.5, 0.6) is 0 Å². The number of fused-ring (bicyclic) bond motifs is 2. The average molecular weight is 468 g/mol. The number of carboxylic acid groups (broad SMARTS) is 1. The molecule has 0 amide bonds. The number of aryl methyl sites for hydroxylation is 4. The van der Waals surface area contributed by atoms with Crippen molar-refractivity contribution in [3.8, 4) is 0 Å². The second-order valence-corrected chi connectivity index (χ2v) is 9.36. The van der Waals surface area contributed by atoms with Crippen LogP contribution in [0.1, 0.15) is 63.9 Å². The minimum absolute atomic E-state index is 0.00515. The molecule has 35 heavy (non-hydrogen) atoms. The highest BCUT2D eigenvalue weighted by molar-refractivity contribution is 5.97. The predicted molar refractivity (Wildman–Crippen MR) is 137 cm³/mol. The van der Waals surface area contributed by atoms with Crippen molar-refractivity contribution < 1.29 is 9.90 Å². The zero-order valence-electron chi connectivity index (χ0n) is 19.9. The number of nitrogen functional groups attached to an aromatic ring is 1. The summed E-state index contributed by atoms with van der Waals surface area (Å²) in [6.45, 7) is 1.76. The molecule has 2 aliphatic carbocycles. The van der Waals surface area contributed by atoms with Crippen molar-refractivity contribution in [2.24, 2.45) is 20.5 Å². The fraction of sp³-hybridized carbons (Fsp3) is 0.321. The van der Waals surface area contributed by atoms with Crippen molar-refractivity contribution in [2.75, 3.05) is 5.73 Å². The van der Waals surface area contributed by atoms with Gasteiger partial charge in [-0.25, -0.2) is 4.79 Å². The molecule has 0 saturated heterocycles. The SMILES string of the molecule is Cc1c(N=Nc2ccc3c(c2)CCCC3)c(N)cc(C(=O)O)c1N=Nc1ccc2c(c1)CCCC2. The number of benzene rings is 3. The molecular formula is C28H29N5O2. The largest absolute Gasteiger partial charge is 0.478 e. The van der Waals surface area contributed by atoms with Crippen LogP contribution in [-0.4, -0.2) is 11.1 Å². The molecule has 0 radical (unpaired) electrons.